The van der Waals surface area contributed by atoms with Gasteiger partial charge in [0.15, 0.2) is 5.65 Å². The molecule has 222 valence electrons. The van der Waals surface area contributed by atoms with E-state index < -0.39 is 6.17 Å². The summed E-state index contributed by atoms with van der Waals surface area (Å²) in [5, 5.41) is 3.42. The van der Waals surface area contributed by atoms with Crippen molar-refractivity contribution in [2.45, 2.75) is 43.9 Å². The Labute approximate surface area is 255 Å². The number of pyridine rings is 1. The molecule has 1 amide bonds. The van der Waals surface area contributed by atoms with Crippen molar-refractivity contribution in [2.75, 3.05) is 44.2 Å². The minimum atomic E-state index is -0.843. The van der Waals surface area contributed by atoms with E-state index in [9.17, 15) is 9.18 Å². The predicted molar refractivity (Wildman–Crippen MR) is 167 cm³/mol. The fourth-order valence-electron chi connectivity index (χ4n) is 7.17. The quantitative estimate of drug-likeness (QED) is 0.264. The molecule has 0 spiro atoms. The Morgan fingerprint density at radius 3 is 2.77 bits per heavy atom. The first-order valence-electron chi connectivity index (χ1n) is 14.9. The van der Waals surface area contributed by atoms with Gasteiger partial charge in [0, 0.05) is 54.6 Å². The molecular weight excluding hydrogens is 567 g/mol. The number of nitrogens with zero attached hydrogens (tertiary/aromatic N) is 6. The maximum absolute atomic E-state index is 14.4. The number of carbonyl (C=O) groups excluding carboxylic acids is 1. The van der Waals surface area contributed by atoms with Gasteiger partial charge in [0.25, 0.3) is 0 Å². The van der Waals surface area contributed by atoms with Gasteiger partial charge in [-0.15, -0.1) is 0 Å². The molecule has 4 aromatic rings. The van der Waals surface area contributed by atoms with Gasteiger partial charge < -0.3 is 14.5 Å². The second-order valence-corrected chi connectivity index (χ2v) is 12.3. The van der Waals surface area contributed by atoms with Crippen molar-refractivity contribution in [1.29, 1.82) is 0 Å². The Hall–Kier alpha value is -3.82. The van der Waals surface area contributed by atoms with Crippen LogP contribution in [0, 0.1) is 0 Å². The van der Waals surface area contributed by atoms with Crippen LogP contribution in [0.1, 0.15) is 26.2 Å². The number of halogens is 2. The van der Waals surface area contributed by atoms with Gasteiger partial charge in [0.05, 0.1) is 16.6 Å². The van der Waals surface area contributed by atoms with E-state index in [0.717, 1.165) is 46.8 Å². The number of benzene rings is 2. The van der Waals surface area contributed by atoms with E-state index in [1.54, 1.807) is 4.90 Å². The molecular formula is C33H34ClFN6O2. The molecule has 3 fully saturated rings. The summed E-state index contributed by atoms with van der Waals surface area (Å²) in [6, 6.07) is 16.1. The van der Waals surface area contributed by atoms with Crippen LogP contribution in [0.5, 0.6) is 6.01 Å². The van der Waals surface area contributed by atoms with E-state index in [-0.39, 0.29) is 23.5 Å². The van der Waals surface area contributed by atoms with Crippen molar-refractivity contribution >= 4 is 45.1 Å². The zero-order chi connectivity index (χ0) is 29.7. The molecule has 2 aromatic heterocycles. The van der Waals surface area contributed by atoms with Crippen molar-refractivity contribution in [3.63, 3.8) is 0 Å². The molecule has 0 unspecified atom stereocenters. The maximum atomic E-state index is 14.4. The molecule has 0 saturated carbocycles. The largest absolute Gasteiger partial charge is 0.461 e. The van der Waals surface area contributed by atoms with Gasteiger partial charge in [0.1, 0.15) is 18.6 Å². The average molecular weight is 601 g/mol. The highest BCUT2D eigenvalue weighted by atomic mass is 35.5. The lowest BCUT2D eigenvalue weighted by atomic mass is 9.95. The SMILES string of the molecule is C=CC(=O)N1CCN(c2nc(OC[C@@]34CCCN3C[C@H](F)C4)nc3nc(-c4cccc5cccc(Cl)c45)ccc23)[C@H](C)C1. The number of hydrogen-bond acceptors (Lipinski definition) is 7. The number of hydrogen-bond donors (Lipinski definition) is 0. The summed E-state index contributed by atoms with van der Waals surface area (Å²) in [7, 11) is 0. The molecule has 5 heterocycles. The summed E-state index contributed by atoms with van der Waals surface area (Å²) in [6.07, 6.45) is 2.91. The van der Waals surface area contributed by atoms with Crippen LogP contribution < -0.4 is 9.64 Å². The summed E-state index contributed by atoms with van der Waals surface area (Å²) < 4.78 is 20.8. The summed E-state index contributed by atoms with van der Waals surface area (Å²) in [5.74, 6) is 0.634. The van der Waals surface area contributed by atoms with Gasteiger partial charge in [-0.05, 0) is 56.0 Å². The van der Waals surface area contributed by atoms with E-state index in [1.807, 2.05) is 48.5 Å². The first kappa shape index (κ1) is 28.0. The fraction of sp³-hybridized carbons (Fsp3) is 0.394. The molecule has 0 N–H and O–H groups in total. The predicted octanol–water partition coefficient (Wildman–Crippen LogP) is 5.68. The Bertz CT molecular complexity index is 1730. The van der Waals surface area contributed by atoms with Crippen LogP contribution >= 0.6 is 11.6 Å². The standard InChI is InChI=1S/C33H34ClFN6O2/c1-3-28(42)39-15-16-41(21(2)18-39)31-25-11-12-27(24-9-4-7-22-8-5-10-26(34)29(22)24)36-30(25)37-32(38-31)43-20-33-13-6-14-40(33)19-23(35)17-33/h3-5,7-12,21,23H,1,6,13-20H2,2H3/t21-,23-,33+/m1/s1. The third-order valence-corrected chi connectivity index (χ3v) is 9.58. The number of rotatable bonds is 6. The number of ether oxygens (including phenoxy) is 1. The topological polar surface area (TPSA) is 74.7 Å². The molecule has 43 heavy (non-hydrogen) atoms. The number of alkyl halides is 1. The Kier molecular flexibility index (Phi) is 7.18. The lowest BCUT2D eigenvalue weighted by molar-refractivity contribution is -0.126. The van der Waals surface area contributed by atoms with Crippen molar-refractivity contribution in [1.82, 2.24) is 24.8 Å². The monoisotopic (exact) mass is 600 g/mol. The van der Waals surface area contributed by atoms with Gasteiger partial charge in [-0.3, -0.25) is 9.69 Å². The van der Waals surface area contributed by atoms with Crippen LogP contribution in [0.15, 0.2) is 61.2 Å². The highest BCUT2D eigenvalue weighted by Crippen LogP contribution is 2.41. The number of amides is 1. The molecule has 3 aliphatic heterocycles. The van der Waals surface area contributed by atoms with Crippen molar-refractivity contribution in [3.8, 4) is 17.3 Å². The third-order valence-electron chi connectivity index (χ3n) is 9.27. The number of anilines is 1. The lowest BCUT2D eigenvalue weighted by Gasteiger charge is -2.40. The second-order valence-electron chi connectivity index (χ2n) is 11.9. The van der Waals surface area contributed by atoms with Crippen LogP contribution in [-0.2, 0) is 4.79 Å². The average Bonchev–Trinajstić information content (AvgIpc) is 3.54. The van der Waals surface area contributed by atoms with E-state index >= 15 is 0 Å². The van der Waals surface area contributed by atoms with Crippen molar-refractivity contribution < 1.29 is 13.9 Å². The van der Waals surface area contributed by atoms with Crippen LogP contribution in [0.4, 0.5) is 10.2 Å². The Balaban J connectivity index is 1.30. The van der Waals surface area contributed by atoms with E-state index in [4.69, 9.17) is 31.3 Å². The van der Waals surface area contributed by atoms with Crippen LogP contribution in [0.2, 0.25) is 5.02 Å². The van der Waals surface area contributed by atoms with Crippen LogP contribution in [-0.4, -0.2) is 87.7 Å². The molecule has 3 aliphatic rings. The van der Waals surface area contributed by atoms with Gasteiger partial charge >= 0.3 is 6.01 Å². The Morgan fingerprint density at radius 2 is 1.95 bits per heavy atom. The molecule has 3 atom stereocenters. The molecule has 0 radical (unpaired) electrons. The van der Waals surface area contributed by atoms with Crippen LogP contribution in [0.3, 0.4) is 0 Å². The second kappa shape index (κ2) is 11.0. The molecule has 10 heteroatoms. The van der Waals surface area contributed by atoms with Gasteiger partial charge in [-0.2, -0.15) is 9.97 Å². The van der Waals surface area contributed by atoms with E-state index in [2.05, 4.69) is 23.3 Å². The first-order chi connectivity index (χ1) is 20.8. The maximum Gasteiger partial charge on any atom is 0.320 e. The van der Waals surface area contributed by atoms with Gasteiger partial charge in [-0.25, -0.2) is 9.37 Å². The first-order valence-corrected chi connectivity index (χ1v) is 15.3. The summed E-state index contributed by atoms with van der Waals surface area (Å²) in [5.41, 5.74) is 1.84. The summed E-state index contributed by atoms with van der Waals surface area (Å²) in [6.45, 7) is 9.07. The highest BCUT2D eigenvalue weighted by Gasteiger charge is 2.49. The number of carbonyl (C=O) groups is 1. The minimum absolute atomic E-state index is 0.00815. The molecule has 8 nitrogen and oxygen atoms in total. The molecule has 3 saturated heterocycles. The van der Waals surface area contributed by atoms with Crippen LogP contribution in [0.25, 0.3) is 33.1 Å². The normalized spacial score (nSPS) is 24.1. The fourth-order valence-corrected chi connectivity index (χ4v) is 7.45. The van der Waals surface area contributed by atoms with E-state index in [0.29, 0.717) is 55.7 Å². The van der Waals surface area contributed by atoms with Gasteiger partial charge in [-0.1, -0.05) is 48.5 Å². The Morgan fingerprint density at radius 1 is 1.12 bits per heavy atom. The third kappa shape index (κ3) is 4.98. The van der Waals surface area contributed by atoms with Crippen molar-refractivity contribution in [2.24, 2.45) is 0 Å². The van der Waals surface area contributed by atoms with Crippen molar-refractivity contribution in [3.05, 3.63) is 66.2 Å². The molecule has 0 aliphatic carbocycles. The summed E-state index contributed by atoms with van der Waals surface area (Å²) in [4.78, 5) is 33.3. The molecule has 2 aromatic carbocycles. The number of fused-ring (bicyclic) bond motifs is 3. The van der Waals surface area contributed by atoms with E-state index in [1.165, 1.54) is 6.08 Å². The number of piperazine rings is 1. The van der Waals surface area contributed by atoms with Gasteiger partial charge in [0.2, 0.25) is 5.91 Å². The molecule has 7 rings (SSSR count). The number of aromatic nitrogens is 3. The zero-order valence-corrected chi connectivity index (χ0v) is 24.9. The highest BCUT2D eigenvalue weighted by molar-refractivity contribution is 6.36. The summed E-state index contributed by atoms with van der Waals surface area (Å²) >= 11 is 6.66. The zero-order valence-electron chi connectivity index (χ0n) is 24.2. The lowest BCUT2D eigenvalue weighted by Crippen LogP contribution is -2.53. The molecule has 0 bridgehead atoms. The smallest absolute Gasteiger partial charge is 0.320 e. The minimum Gasteiger partial charge on any atom is -0.461 e.